The van der Waals surface area contributed by atoms with E-state index in [1.165, 1.54) is 17.5 Å². The molecule has 2 N–H and O–H groups in total. The van der Waals surface area contributed by atoms with E-state index in [1.54, 1.807) is 0 Å². The van der Waals surface area contributed by atoms with Crippen molar-refractivity contribution in [2.24, 2.45) is 17.3 Å². The van der Waals surface area contributed by atoms with Gasteiger partial charge in [-0.05, 0) is 99.6 Å². The maximum Gasteiger partial charge on any atom is 0.130 e. The summed E-state index contributed by atoms with van der Waals surface area (Å²) in [6.45, 7) is 2.32. The summed E-state index contributed by atoms with van der Waals surface area (Å²) >= 11 is 5.82. The van der Waals surface area contributed by atoms with Crippen molar-refractivity contribution in [1.82, 2.24) is 0 Å². The van der Waals surface area contributed by atoms with Crippen LogP contribution in [0.15, 0.2) is 26.8 Å². The molecule has 0 unspecified atom stereocenters. The number of hydrogen-bond donors (Lipinski definition) is 2. The number of aromatic hydroxyl groups is 1. The largest absolute Gasteiger partial charge is 0.507 e. The molecule has 0 heterocycles. The van der Waals surface area contributed by atoms with E-state index in [1.807, 2.05) is 16.2 Å². The van der Waals surface area contributed by atoms with Gasteiger partial charge in [-0.15, -0.1) is 0 Å². The number of phenols is 1. The molecule has 4 rings (SSSR count). The van der Waals surface area contributed by atoms with Crippen molar-refractivity contribution in [3.05, 3.63) is 37.9 Å². The molecule has 2 fully saturated rings. The Morgan fingerprint density at radius 2 is 2.04 bits per heavy atom. The number of fused-ring (bicyclic) bond motifs is 5. The first-order valence-corrected chi connectivity index (χ1v) is 11.0. The van der Waals surface area contributed by atoms with E-state index in [0.717, 1.165) is 36.6 Å². The summed E-state index contributed by atoms with van der Waals surface area (Å²) in [5.41, 5.74) is 2.10. The van der Waals surface area contributed by atoms with Crippen molar-refractivity contribution in [3.63, 3.8) is 0 Å². The van der Waals surface area contributed by atoms with E-state index < -0.39 is 5.60 Å². The molecule has 1 aromatic rings. The Morgan fingerprint density at radius 1 is 1.25 bits per heavy atom. The number of benzene rings is 1. The first-order chi connectivity index (χ1) is 11.4. The van der Waals surface area contributed by atoms with Crippen LogP contribution in [0.1, 0.15) is 56.1 Å². The highest BCUT2D eigenvalue weighted by molar-refractivity contribution is 14.1. The highest BCUT2D eigenvalue weighted by Gasteiger charge is 2.60. The summed E-state index contributed by atoms with van der Waals surface area (Å²) in [5.74, 6) is 2.18. The van der Waals surface area contributed by atoms with Crippen LogP contribution < -0.4 is 0 Å². The second kappa shape index (κ2) is 5.98. The second-order valence-corrected chi connectivity index (χ2v) is 9.61. The van der Waals surface area contributed by atoms with Gasteiger partial charge in [0.15, 0.2) is 0 Å². The number of aliphatic hydroxyl groups is 1. The molecule has 0 aliphatic heterocycles. The number of rotatable bonds is 1. The van der Waals surface area contributed by atoms with Crippen LogP contribution in [0, 0.1) is 17.3 Å². The number of phenolic OH excluding ortho intramolecular Hbond substituents is 1. The van der Waals surface area contributed by atoms with Crippen molar-refractivity contribution < 1.29 is 10.2 Å². The summed E-state index contributed by atoms with van der Waals surface area (Å²) < 4.78 is 2.88. The van der Waals surface area contributed by atoms with Gasteiger partial charge >= 0.3 is 0 Å². The third-order valence-electron chi connectivity index (χ3n) is 7.38. The number of hydrogen-bond acceptors (Lipinski definition) is 2. The van der Waals surface area contributed by atoms with Crippen LogP contribution in [0.4, 0.5) is 0 Å². The zero-order chi connectivity index (χ0) is 17.1. The Morgan fingerprint density at radius 3 is 2.79 bits per heavy atom. The van der Waals surface area contributed by atoms with Gasteiger partial charge in [-0.25, -0.2) is 0 Å². The van der Waals surface area contributed by atoms with E-state index in [-0.39, 0.29) is 5.41 Å². The SMILES string of the molecule is C[C@]12CC[C@@H]3c4ccc(O)c(Br)c4CC[C@H]3[C@@H]1CC[C@]2(O)/C=C/I. The van der Waals surface area contributed by atoms with Gasteiger partial charge in [0.25, 0.3) is 0 Å². The summed E-state index contributed by atoms with van der Waals surface area (Å²) in [4.78, 5) is 0. The topological polar surface area (TPSA) is 40.5 Å². The molecule has 0 radical (unpaired) electrons. The van der Waals surface area contributed by atoms with Gasteiger partial charge < -0.3 is 10.2 Å². The van der Waals surface area contributed by atoms with Gasteiger partial charge in [0.05, 0.1) is 10.1 Å². The predicted octanol–water partition coefficient (Wildman–Crippen LogP) is 5.69. The van der Waals surface area contributed by atoms with Crippen LogP contribution in [0.2, 0.25) is 0 Å². The van der Waals surface area contributed by atoms with Crippen LogP contribution in [0.5, 0.6) is 5.75 Å². The molecule has 0 aromatic heterocycles. The monoisotopic (exact) mass is 502 g/mol. The molecule has 0 amide bonds. The third kappa shape index (κ3) is 2.28. The Balaban J connectivity index is 1.72. The lowest BCUT2D eigenvalue weighted by molar-refractivity contribution is -0.0708. The average Bonchev–Trinajstić information content (AvgIpc) is 2.82. The summed E-state index contributed by atoms with van der Waals surface area (Å²) in [5, 5.41) is 21.3. The van der Waals surface area contributed by atoms with Crippen molar-refractivity contribution in [2.75, 3.05) is 0 Å². The lowest BCUT2D eigenvalue weighted by Gasteiger charge is -2.52. The maximum absolute atomic E-state index is 11.3. The van der Waals surface area contributed by atoms with Gasteiger partial charge in [0.2, 0.25) is 0 Å². The van der Waals surface area contributed by atoms with E-state index in [9.17, 15) is 10.2 Å². The zero-order valence-corrected chi connectivity index (χ0v) is 17.7. The molecular weight excluding hydrogens is 479 g/mol. The Kier molecular flexibility index (Phi) is 4.33. The smallest absolute Gasteiger partial charge is 0.130 e. The van der Waals surface area contributed by atoms with Gasteiger partial charge in [-0.1, -0.05) is 35.6 Å². The van der Waals surface area contributed by atoms with Crippen molar-refractivity contribution in [3.8, 4) is 5.75 Å². The molecule has 3 aliphatic rings. The van der Waals surface area contributed by atoms with Gasteiger partial charge in [0, 0.05) is 5.41 Å². The summed E-state index contributed by atoms with van der Waals surface area (Å²) in [7, 11) is 0. The molecule has 2 nitrogen and oxygen atoms in total. The quantitative estimate of drug-likeness (QED) is 0.484. The van der Waals surface area contributed by atoms with Crippen LogP contribution >= 0.6 is 38.5 Å². The fourth-order valence-corrected chi connectivity index (χ4v) is 7.20. The van der Waals surface area contributed by atoms with E-state index in [4.69, 9.17) is 0 Å². The van der Waals surface area contributed by atoms with Crippen molar-refractivity contribution in [1.29, 1.82) is 0 Å². The minimum absolute atomic E-state index is 0.00148. The highest BCUT2D eigenvalue weighted by Crippen LogP contribution is 2.65. The molecule has 4 heteroatoms. The molecule has 0 bridgehead atoms. The second-order valence-electron chi connectivity index (χ2n) is 8.09. The fraction of sp³-hybridized carbons (Fsp3) is 0.600. The molecule has 1 aromatic carbocycles. The lowest BCUT2D eigenvalue weighted by Crippen LogP contribution is -2.49. The Hall–Kier alpha value is -0.0700. The maximum atomic E-state index is 11.3. The standard InChI is InChI=1S/C20H24BrIO2/c1-19-8-6-13-12-4-5-17(23)18(21)15(12)3-2-14(13)16(19)7-9-20(19,24)10-11-22/h4-5,10-11,13-14,16,23-24H,2-3,6-9H2,1H3/b11-10+/t13-,14-,16+,19+,20+/m1/s1. The van der Waals surface area contributed by atoms with Crippen LogP contribution in [-0.4, -0.2) is 15.8 Å². The zero-order valence-electron chi connectivity index (χ0n) is 13.9. The van der Waals surface area contributed by atoms with Gasteiger partial charge in [-0.2, -0.15) is 0 Å². The Labute approximate surface area is 166 Å². The van der Waals surface area contributed by atoms with Crippen LogP contribution in [-0.2, 0) is 6.42 Å². The first-order valence-electron chi connectivity index (χ1n) is 8.92. The molecule has 2 saturated carbocycles. The van der Waals surface area contributed by atoms with E-state index in [2.05, 4.69) is 51.5 Å². The summed E-state index contributed by atoms with van der Waals surface area (Å²) in [6, 6.07) is 3.98. The van der Waals surface area contributed by atoms with E-state index >= 15 is 0 Å². The third-order valence-corrected chi connectivity index (χ3v) is 8.62. The molecule has 24 heavy (non-hydrogen) atoms. The average molecular weight is 503 g/mol. The Bertz CT molecular complexity index is 703. The number of halogens is 2. The molecular formula is C20H24BrIO2. The molecule has 0 saturated heterocycles. The van der Waals surface area contributed by atoms with E-state index in [0.29, 0.717) is 23.5 Å². The minimum Gasteiger partial charge on any atom is -0.507 e. The predicted molar refractivity (Wildman–Crippen MR) is 109 cm³/mol. The van der Waals surface area contributed by atoms with Crippen LogP contribution in [0.25, 0.3) is 0 Å². The van der Waals surface area contributed by atoms with Crippen molar-refractivity contribution >= 4 is 38.5 Å². The fourth-order valence-electron chi connectivity index (χ4n) is 6.04. The van der Waals surface area contributed by atoms with Crippen LogP contribution in [0.3, 0.4) is 0 Å². The van der Waals surface area contributed by atoms with Gasteiger partial charge in [0.1, 0.15) is 5.75 Å². The highest BCUT2D eigenvalue weighted by atomic mass is 127. The molecule has 3 aliphatic carbocycles. The van der Waals surface area contributed by atoms with Crippen molar-refractivity contribution in [2.45, 2.75) is 57.0 Å². The molecule has 5 atom stereocenters. The minimum atomic E-state index is -0.639. The molecule has 130 valence electrons. The molecule has 0 spiro atoms. The first kappa shape index (κ1) is 17.3. The lowest BCUT2D eigenvalue weighted by atomic mass is 9.53. The summed E-state index contributed by atoms with van der Waals surface area (Å²) in [6.07, 6.45) is 8.47. The normalized spacial score (nSPS) is 41.1. The van der Waals surface area contributed by atoms with Gasteiger partial charge in [-0.3, -0.25) is 0 Å².